The van der Waals surface area contributed by atoms with Crippen LogP contribution >= 0.6 is 0 Å². The van der Waals surface area contributed by atoms with E-state index in [4.69, 9.17) is 9.47 Å². The Balaban J connectivity index is 1.01. The quantitative estimate of drug-likeness (QED) is 0.485. The molecule has 1 aliphatic carbocycles. The van der Waals surface area contributed by atoms with Crippen molar-refractivity contribution in [2.75, 3.05) is 26.2 Å². The molecule has 5 aliphatic rings. The van der Waals surface area contributed by atoms with Crippen molar-refractivity contribution in [2.24, 2.45) is 5.41 Å². The summed E-state index contributed by atoms with van der Waals surface area (Å²) in [7, 11) is 0. The first-order valence-electron chi connectivity index (χ1n) is 16.5. The van der Waals surface area contributed by atoms with E-state index in [1.165, 1.54) is 4.90 Å². The first-order valence-corrected chi connectivity index (χ1v) is 16.5. The minimum atomic E-state index is -0.759. The van der Waals surface area contributed by atoms with E-state index in [-0.39, 0.29) is 66.7 Å². The lowest BCUT2D eigenvalue weighted by atomic mass is 9.69. The minimum absolute atomic E-state index is 0.00100. The molecule has 6 rings (SSSR count). The van der Waals surface area contributed by atoms with Crippen LogP contribution in [0.1, 0.15) is 107 Å². The Bertz CT molecular complexity index is 1360. The number of carbonyl (C=O) groups is 4. The van der Waals surface area contributed by atoms with Crippen LogP contribution in [0.25, 0.3) is 0 Å². The molecule has 1 saturated carbocycles. The SMILES string of the molecule is CC(C)(C)OC(=O)N1CCC(OC2CC(N3CCC(c4ccc5c(c4F)CN([C@@H]4CCC(=O)NC4=O)C5=O)C(C)(C)C3)C2)CC1. The topological polar surface area (TPSA) is 108 Å². The zero-order valence-electron chi connectivity index (χ0n) is 27.2. The van der Waals surface area contributed by atoms with Crippen molar-refractivity contribution >= 4 is 23.8 Å². The van der Waals surface area contributed by atoms with Gasteiger partial charge in [0.05, 0.1) is 18.8 Å². The molecule has 1 N–H and O–H groups in total. The van der Waals surface area contributed by atoms with E-state index in [2.05, 4.69) is 24.1 Å². The van der Waals surface area contributed by atoms with Gasteiger partial charge in [-0.1, -0.05) is 19.9 Å². The van der Waals surface area contributed by atoms with E-state index >= 15 is 4.39 Å². The third-order valence-electron chi connectivity index (χ3n) is 10.4. The molecule has 4 aliphatic heterocycles. The van der Waals surface area contributed by atoms with Gasteiger partial charge in [0, 0.05) is 43.2 Å². The van der Waals surface area contributed by atoms with Crippen molar-refractivity contribution in [3.63, 3.8) is 0 Å². The maximum Gasteiger partial charge on any atom is 0.410 e. The third-order valence-corrected chi connectivity index (χ3v) is 10.4. The fourth-order valence-electron chi connectivity index (χ4n) is 7.90. The molecule has 0 spiro atoms. The molecule has 4 heterocycles. The fourth-order valence-corrected chi connectivity index (χ4v) is 7.90. The second-order valence-corrected chi connectivity index (χ2v) is 15.2. The second kappa shape index (κ2) is 12.0. The van der Waals surface area contributed by atoms with Crippen molar-refractivity contribution in [2.45, 2.75) is 122 Å². The van der Waals surface area contributed by atoms with Gasteiger partial charge in [-0.15, -0.1) is 0 Å². The molecule has 0 radical (unpaired) electrons. The van der Waals surface area contributed by atoms with Crippen LogP contribution in [-0.4, -0.2) is 94.6 Å². The lowest BCUT2D eigenvalue weighted by Gasteiger charge is -2.51. The molecule has 1 unspecified atom stereocenters. The largest absolute Gasteiger partial charge is 0.444 e. The molecule has 10 nitrogen and oxygen atoms in total. The number of hydrogen-bond acceptors (Lipinski definition) is 7. The number of ether oxygens (including phenoxy) is 2. The number of piperidine rings is 3. The van der Waals surface area contributed by atoms with Crippen LogP contribution in [-0.2, 0) is 25.6 Å². The predicted octanol–water partition coefficient (Wildman–Crippen LogP) is 4.35. The van der Waals surface area contributed by atoms with Gasteiger partial charge in [-0.25, -0.2) is 9.18 Å². The number of nitrogens with one attached hydrogen (secondary N) is 1. The summed E-state index contributed by atoms with van der Waals surface area (Å²) in [4.78, 5) is 55.2. The Morgan fingerprint density at radius 1 is 1.00 bits per heavy atom. The van der Waals surface area contributed by atoms with Gasteiger partial charge in [0.15, 0.2) is 0 Å². The van der Waals surface area contributed by atoms with Gasteiger partial charge in [0.1, 0.15) is 17.5 Å². The molecule has 0 aromatic heterocycles. The van der Waals surface area contributed by atoms with Crippen molar-refractivity contribution < 1.29 is 33.0 Å². The summed E-state index contributed by atoms with van der Waals surface area (Å²) >= 11 is 0. The molecule has 2 atom stereocenters. The van der Waals surface area contributed by atoms with Crippen molar-refractivity contribution in [1.82, 2.24) is 20.0 Å². The van der Waals surface area contributed by atoms with Crippen molar-refractivity contribution in [3.8, 4) is 0 Å². The highest BCUT2D eigenvalue weighted by Crippen LogP contribution is 2.47. The number of halogens is 1. The number of imide groups is 1. The zero-order valence-corrected chi connectivity index (χ0v) is 27.2. The van der Waals surface area contributed by atoms with Crippen LogP contribution in [0, 0.1) is 11.2 Å². The average Bonchev–Trinajstić information content (AvgIpc) is 3.26. The Hall–Kier alpha value is -3.05. The van der Waals surface area contributed by atoms with Gasteiger partial charge in [-0.3, -0.25) is 24.6 Å². The Morgan fingerprint density at radius 2 is 1.71 bits per heavy atom. The number of fused-ring (bicyclic) bond motifs is 1. The van der Waals surface area contributed by atoms with Gasteiger partial charge in [-0.2, -0.15) is 0 Å². The Morgan fingerprint density at radius 3 is 2.36 bits per heavy atom. The number of benzene rings is 1. The van der Waals surface area contributed by atoms with E-state index in [1.807, 2.05) is 20.8 Å². The fraction of sp³-hybridized carbons (Fsp3) is 0.706. The molecule has 246 valence electrons. The van der Waals surface area contributed by atoms with Gasteiger partial charge in [0.2, 0.25) is 11.8 Å². The molecule has 1 aromatic rings. The summed E-state index contributed by atoms with van der Waals surface area (Å²) in [6, 6.07) is 3.17. The maximum absolute atomic E-state index is 16.1. The van der Waals surface area contributed by atoms with Crippen LogP contribution in [0.4, 0.5) is 9.18 Å². The molecule has 1 aromatic carbocycles. The van der Waals surface area contributed by atoms with Crippen LogP contribution in [0.15, 0.2) is 12.1 Å². The molecule has 11 heteroatoms. The van der Waals surface area contributed by atoms with Gasteiger partial charge in [0.25, 0.3) is 5.91 Å². The maximum atomic E-state index is 16.1. The highest BCUT2D eigenvalue weighted by Gasteiger charge is 2.46. The number of likely N-dealkylation sites (tertiary alicyclic amines) is 2. The van der Waals surface area contributed by atoms with Crippen molar-refractivity contribution in [3.05, 3.63) is 34.6 Å². The summed E-state index contributed by atoms with van der Waals surface area (Å²) in [6.07, 6.45) is 4.99. The van der Waals surface area contributed by atoms with Gasteiger partial charge >= 0.3 is 6.09 Å². The van der Waals surface area contributed by atoms with Crippen LogP contribution in [0.5, 0.6) is 0 Å². The van der Waals surface area contributed by atoms with Gasteiger partial charge < -0.3 is 19.3 Å². The molecule has 4 amide bonds. The standard InChI is InChI=1S/C34H47FN4O6/c1-33(2,3)45-32(43)37-13-10-21(11-14-37)44-22-16-20(17-22)38-15-12-26(34(4,5)19-38)24-7-6-23-25(29(24)35)18-39(31(23)42)27-8-9-28(40)36-30(27)41/h6-7,20-22,26-27H,8-19H2,1-5H3,(H,36,40,41)/t20?,22?,26?,27-/m1/s1. The zero-order chi connectivity index (χ0) is 32.3. The smallest absolute Gasteiger partial charge is 0.410 e. The monoisotopic (exact) mass is 626 g/mol. The molecule has 45 heavy (non-hydrogen) atoms. The number of hydrogen-bond donors (Lipinski definition) is 1. The van der Waals surface area contributed by atoms with Crippen LogP contribution in [0.3, 0.4) is 0 Å². The lowest BCUT2D eigenvalue weighted by molar-refractivity contribution is -0.136. The normalized spacial score (nSPS) is 29.3. The average molecular weight is 627 g/mol. The van der Waals surface area contributed by atoms with Crippen molar-refractivity contribution in [1.29, 1.82) is 0 Å². The Labute approximate surface area is 264 Å². The second-order valence-electron chi connectivity index (χ2n) is 15.2. The summed E-state index contributed by atoms with van der Waals surface area (Å²) in [6.45, 7) is 13.1. The molecule has 0 bridgehead atoms. The van der Waals surface area contributed by atoms with E-state index in [1.54, 1.807) is 17.0 Å². The minimum Gasteiger partial charge on any atom is -0.444 e. The summed E-state index contributed by atoms with van der Waals surface area (Å²) in [5.74, 6) is -1.52. The number of amides is 4. The molecular formula is C34H47FN4O6. The lowest BCUT2D eigenvalue weighted by Crippen LogP contribution is -2.55. The van der Waals surface area contributed by atoms with Crippen LogP contribution in [0.2, 0.25) is 0 Å². The van der Waals surface area contributed by atoms with E-state index in [0.29, 0.717) is 35.8 Å². The molecular weight excluding hydrogens is 579 g/mol. The number of nitrogens with zero attached hydrogens (tertiary/aromatic N) is 3. The first-order chi connectivity index (χ1) is 21.2. The van der Waals surface area contributed by atoms with E-state index in [0.717, 1.165) is 45.2 Å². The number of rotatable bonds is 5. The summed E-state index contributed by atoms with van der Waals surface area (Å²) < 4.78 is 28.1. The third kappa shape index (κ3) is 6.48. The predicted molar refractivity (Wildman–Crippen MR) is 164 cm³/mol. The Kier molecular flexibility index (Phi) is 8.48. The van der Waals surface area contributed by atoms with Gasteiger partial charge in [-0.05, 0) is 88.8 Å². The van der Waals surface area contributed by atoms with Crippen LogP contribution < -0.4 is 5.32 Å². The first kappa shape index (κ1) is 31.9. The van der Waals surface area contributed by atoms with E-state index < -0.39 is 17.6 Å². The number of carbonyl (C=O) groups excluding carboxylic acids is 4. The highest BCUT2D eigenvalue weighted by molar-refractivity contribution is 6.05. The summed E-state index contributed by atoms with van der Waals surface area (Å²) in [5, 5.41) is 2.30. The highest BCUT2D eigenvalue weighted by atomic mass is 19.1. The molecule has 4 fully saturated rings. The summed E-state index contributed by atoms with van der Waals surface area (Å²) in [5.41, 5.74) is 0.637. The molecule has 3 saturated heterocycles. The van der Waals surface area contributed by atoms with E-state index in [9.17, 15) is 19.2 Å².